The van der Waals surface area contributed by atoms with Crippen LogP contribution in [0.5, 0.6) is 0 Å². The summed E-state index contributed by atoms with van der Waals surface area (Å²) < 4.78 is 8.10. The normalized spacial score (nSPS) is 11.9. The van der Waals surface area contributed by atoms with Crippen molar-refractivity contribution in [3.05, 3.63) is 124 Å². The molecule has 1 atom stereocenters. The zero-order valence-corrected chi connectivity index (χ0v) is 18.9. The van der Waals surface area contributed by atoms with E-state index >= 15 is 0 Å². The fourth-order valence-corrected chi connectivity index (χ4v) is 4.16. The van der Waals surface area contributed by atoms with Gasteiger partial charge in [0.05, 0.1) is 10.9 Å². The van der Waals surface area contributed by atoms with Crippen LogP contribution in [0.1, 0.15) is 33.4 Å². The highest BCUT2D eigenvalue weighted by molar-refractivity contribution is 6.05. The molecular formula is C28H23N3O3. The van der Waals surface area contributed by atoms with E-state index in [9.17, 15) is 9.59 Å². The van der Waals surface area contributed by atoms with Crippen LogP contribution in [-0.2, 0) is 7.05 Å². The minimum absolute atomic E-state index is 0.154. The van der Waals surface area contributed by atoms with E-state index in [4.69, 9.17) is 4.42 Å². The quantitative estimate of drug-likeness (QED) is 0.409. The zero-order valence-electron chi connectivity index (χ0n) is 18.9. The molecule has 0 radical (unpaired) electrons. The summed E-state index contributed by atoms with van der Waals surface area (Å²) >= 11 is 0. The average Bonchev–Trinajstić information content (AvgIpc) is 3.30. The lowest BCUT2D eigenvalue weighted by molar-refractivity contribution is 0.0942. The summed E-state index contributed by atoms with van der Waals surface area (Å²) in [7, 11) is 1.89. The van der Waals surface area contributed by atoms with E-state index in [1.165, 1.54) is 0 Å². The third-order valence-corrected chi connectivity index (χ3v) is 5.95. The van der Waals surface area contributed by atoms with Gasteiger partial charge in [0.2, 0.25) is 0 Å². The van der Waals surface area contributed by atoms with Gasteiger partial charge in [-0.1, -0.05) is 66.7 Å². The van der Waals surface area contributed by atoms with Crippen molar-refractivity contribution in [1.29, 1.82) is 0 Å². The van der Waals surface area contributed by atoms with E-state index in [1.807, 2.05) is 78.5 Å². The van der Waals surface area contributed by atoms with Crippen LogP contribution in [0.4, 0.5) is 0 Å². The molecule has 0 fully saturated rings. The van der Waals surface area contributed by atoms with Gasteiger partial charge in [-0.2, -0.15) is 0 Å². The molecule has 0 aliphatic rings. The van der Waals surface area contributed by atoms with Crippen LogP contribution in [0.15, 0.2) is 100 Å². The monoisotopic (exact) mass is 449 g/mol. The van der Waals surface area contributed by atoms with Crippen LogP contribution in [0.2, 0.25) is 0 Å². The summed E-state index contributed by atoms with van der Waals surface area (Å²) in [6, 6.07) is 23.7. The summed E-state index contributed by atoms with van der Waals surface area (Å²) in [5.74, 6) is 0.803. The van der Waals surface area contributed by atoms with E-state index in [0.717, 1.165) is 11.1 Å². The first-order chi connectivity index (χ1) is 16.5. The third-order valence-electron chi connectivity index (χ3n) is 5.95. The Kier molecular flexibility index (Phi) is 5.55. The molecule has 0 aliphatic heterocycles. The molecule has 1 N–H and O–H groups in total. The Balaban J connectivity index is 1.62. The van der Waals surface area contributed by atoms with Gasteiger partial charge in [0.15, 0.2) is 11.0 Å². The van der Waals surface area contributed by atoms with Crippen molar-refractivity contribution in [1.82, 2.24) is 14.9 Å². The van der Waals surface area contributed by atoms with Gasteiger partial charge < -0.3 is 14.3 Å². The number of aromatic nitrogens is 2. The lowest BCUT2D eigenvalue weighted by Gasteiger charge is -2.19. The molecule has 6 heteroatoms. The highest BCUT2D eigenvalue weighted by Gasteiger charge is 2.24. The summed E-state index contributed by atoms with van der Waals surface area (Å²) in [6.45, 7) is 1.74. The van der Waals surface area contributed by atoms with Crippen molar-refractivity contribution in [2.45, 2.75) is 13.0 Å². The van der Waals surface area contributed by atoms with E-state index in [2.05, 4.69) is 10.3 Å². The minimum atomic E-state index is -0.477. The maximum absolute atomic E-state index is 13.6. The van der Waals surface area contributed by atoms with Crippen molar-refractivity contribution in [3.63, 3.8) is 0 Å². The number of rotatable bonds is 5. The summed E-state index contributed by atoms with van der Waals surface area (Å²) in [5.41, 5.74) is 2.59. The van der Waals surface area contributed by atoms with Crippen molar-refractivity contribution in [2.24, 2.45) is 7.05 Å². The van der Waals surface area contributed by atoms with E-state index in [-0.39, 0.29) is 16.9 Å². The number of carbonyl (C=O) groups is 1. The fourth-order valence-electron chi connectivity index (χ4n) is 4.16. The lowest BCUT2D eigenvalue weighted by atomic mass is 10.0. The number of aryl methyl sites for hydroxylation is 1. The predicted molar refractivity (Wildman–Crippen MR) is 132 cm³/mol. The number of para-hydroxylation sites is 1. The Bertz CT molecular complexity index is 1540. The Labute approximate surface area is 196 Å². The second kappa shape index (κ2) is 8.83. The van der Waals surface area contributed by atoms with Crippen molar-refractivity contribution in [2.75, 3.05) is 0 Å². The molecule has 0 bridgehead atoms. The van der Waals surface area contributed by atoms with Gasteiger partial charge in [0.1, 0.15) is 17.6 Å². The topological polar surface area (TPSA) is 77.1 Å². The van der Waals surface area contributed by atoms with Crippen LogP contribution in [0.25, 0.3) is 22.3 Å². The van der Waals surface area contributed by atoms with Gasteiger partial charge in [0, 0.05) is 30.6 Å². The molecule has 0 saturated heterocycles. The number of fused-ring (bicyclic) bond motifs is 1. The SMILES string of the molecule is Cc1c(-c2ccccc2)oc2c(C(=O)NC(c3ccccc3)c3nccn3C)cccc2c1=O. The van der Waals surface area contributed by atoms with Crippen molar-refractivity contribution < 1.29 is 9.21 Å². The Morgan fingerprint density at radius 1 is 0.971 bits per heavy atom. The Morgan fingerprint density at radius 3 is 2.35 bits per heavy atom. The van der Waals surface area contributed by atoms with Crippen LogP contribution in [0, 0.1) is 6.92 Å². The summed E-state index contributed by atoms with van der Waals surface area (Å²) in [6.07, 6.45) is 3.53. The number of nitrogens with one attached hydrogen (secondary N) is 1. The largest absolute Gasteiger partial charge is 0.455 e. The molecule has 3 aromatic carbocycles. The van der Waals surface area contributed by atoms with Gasteiger partial charge in [-0.25, -0.2) is 4.98 Å². The van der Waals surface area contributed by atoms with Crippen LogP contribution in [0.3, 0.4) is 0 Å². The second-order valence-electron chi connectivity index (χ2n) is 8.15. The third kappa shape index (κ3) is 3.79. The molecule has 1 amide bonds. The molecule has 6 nitrogen and oxygen atoms in total. The van der Waals surface area contributed by atoms with Gasteiger partial charge >= 0.3 is 0 Å². The molecular weight excluding hydrogens is 426 g/mol. The first-order valence-electron chi connectivity index (χ1n) is 11.0. The van der Waals surface area contributed by atoms with Gasteiger partial charge in [-0.15, -0.1) is 0 Å². The Hall–Kier alpha value is -4.45. The highest BCUT2D eigenvalue weighted by Crippen LogP contribution is 2.28. The molecule has 2 heterocycles. The molecule has 5 aromatic rings. The van der Waals surface area contributed by atoms with Crippen LogP contribution in [-0.4, -0.2) is 15.5 Å². The maximum atomic E-state index is 13.6. The average molecular weight is 450 g/mol. The highest BCUT2D eigenvalue weighted by atomic mass is 16.3. The fraction of sp³-hybridized carbons (Fsp3) is 0.107. The molecule has 0 aliphatic carbocycles. The van der Waals surface area contributed by atoms with Gasteiger partial charge in [0.25, 0.3) is 5.91 Å². The van der Waals surface area contributed by atoms with E-state index in [0.29, 0.717) is 28.1 Å². The number of hydrogen-bond acceptors (Lipinski definition) is 4. The van der Waals surface area contributed by atoms with Gasteiger partial charge in [-0.05, 0) is 24.6 Å². The van der Waals surface area contributed by atoms with Gasteiger partial charge in [-0.3, -0.25) is 9.59 Å². The molecule has 2 aromatic heterocycles. The molecule has 5 rings (SSSR count). The molecule has 34 heavy (non-hydrogen) atoms. The predicted octanol–water partition coefficient (Wildman–Crippen LogP) is 5.02. The van der Waals surface area contributed by atoms with Crippen molar-refractivity contribution >= 4 is 16.9 Å². The molecule has 168 valence electrons. The smallest absolute Gasteiger partial charge is 0.255 e. The number of benzene rings is 3. The standard InChI is InChI=1S/C28H23N3O3/c1-18-24(32)21-14-9-15-22(26(21)34-25(18)20-12-7-4-8-13-20)28(33)30-23(19-10-5-3-6-11-19)27-29-16-17-31(27)2/h3-17,23H,1-2H3,(H,30,33). The Morgan fingerprint density at radius 2 is 1.68 bits per heavy atom. The van der Waals surface area contributed by atoms with Crippen molar-refractivity contribution in [3.8, 4) is 11.3 Å². The second-order valence-corrected chi connectivity index (χ2v) is 8.15. The summed E-state index contributed by atoms with van der Waals surface area (Å²) in [4.78, 5) is 31.2. The maximum Gasteiger partial charge on any atom is 0.255 e. The zero-order chi connectivity index (χ0) is 23.7. The lowest BCUT2D eigenvalue weighted by Crippen LogP contribution is -2.31. The van der Waals surface area contributed by atoms with E-state index in [1.54, 1.807) is 31.3 Å². The number of imidazole rings is 1. The van der Waals surface area contributed by atoms with Crippen LogP contribution < -0.4 is 10.7 Å². The van der Waals surface area contributed by atoms with E-state index < -0.39 is 6.04 Å². The minimum Gasteiger partial charge on any atom is -0.455 e. The number of nitrogens with zero attached hydrogens (tertiary/aromatic N) is 2. The number of carbonyl (C=O) groups excluding carboxylic acids is 1. The first kappa shape index (κ1) is 21.4. The van der Waals surface area contributed by atoms with Crippen LogP contribution >= 0.6 is 0 Å². The summed E-state index contributed by atoms with van der Waals surface area (Å²) in [5, 5.41) is 3.47. The molecule has 0 spiro atoms. The number of amides is 1. The molecule has 0 saturated carbocycles. The number of hydrogen-bond donors (Lipinski definition) is 1. The first-order valence-corrected chi connectivity index (χ1v) is 11.0. The molecule has 1 unspecified atom stereocenters.